The molecule has 0 saturated carbocycles. The number of nitrogens with zero attached hydrogens (tertiary/aromatic N) is 1. The molecule has 1 fully saturated rings. The van der Waals surface area contributed by atoms with E-state index in [4.69, 9.17) is 0 Å². The largest absolute Gasteiger partial charge is 0.326 e. The van der Waals surface area contributed by atoms with Crippen molar-refractivity contribution in [1.82, 2.24) is 10.2 Å². The molecule has 2 aromatic rings. The van der Waals surface area contributed by atoms with Gasteiger partial charge in [-0.1, -0.05) is 24.3 Å². The van der Waals surface area contributed by atoms with E-state index in [1.165, 1.54) is 11.6 Å². The molecule has 25 heavy (non-hydrogen) atoms. The molecule has 2 aromatic carbocycles. The molecule has 130 valence electrons. The third-order valence-corrected chi connectivity index (χ3v) is 4.97. The molecule has 0 radical (unpaired) electrons. The third-order valence-electron chi connectivity index (χ3n) is 4.97. The molecule has 0 aliphatic carbocycles. The summed E-state index contributed by atoms with van der Waals surface area (Å²) in [6.07, 6.45) is 1.12. The van der Waals surface area contributed by atoms with E-state index in [1.54, 1.807) is 0 Å². The zero-order valence-corrected chi connectivity index (χ0v) is 14.1. The maximum atomic E-state index is 14.5. The maximum absolute atomic E-state index is 14.5. The Morgan fingerprint density at radius 2 is 1.80 bits per heavy atom. The Morgan fingerprint density at radius 1 is 1.04 bits per heavy atom. The fraction of sp³-hybridized carbons (Fsp3) is 0.350. The summed E-state index contributed by atoms with van der Waals surface area (Å²) < 4.78 is 14.5. The number of amides is 1. The van der Waals surface area contributed by atoms with E-state index in [0.717, 1.165) is 43.9 Å². The Kier molecular flexibility index (Phi) is 4.51. The molecule has 4 rings (SSSR count). The van der Waals surface area contributed by atoms with Gasteiger partial charge in [-0.3, -0.25) is 9.69 Å². The highest BCUT2D eigenvalue weighted by Crippen LogP contribution is 2.31. The highest BCUT2D eigenvalue weighted by Gasteiger charge is 2.18. The summed E-state index contributed by atoms with van der Waals surface area (Å²) in [5, 5.41) is 6.10. The van der Waals surface area contributed by atoms with Gasteiger partial charge in [0.25, 0.3) is 0 Å². The molecule has 2 aliphatic rings. The molecule has 0 atom stereocenters. The molecule has 0 aromatic heterocycles. The van der Waals surface area contributed by atoms with Gasteiger partial charge < -0.3 is 10.6 Å². The summed E-state index contributed by atoms with van der Waals surface area (Å²) in [5.74, 6) is -0.340. The van der Waals surface area contributed by atoms with Gasteiger partial charge in [-0.25, -0.2) is 4.39 Å². The topological polar surface area (TPSA) is 44.4 Å². The number of piperazine rings is 1. The van der Waals surface area contributed by atoms with Crippen molar-refractivity contribution >= 4 is 11.6 Å². The molecule has 2 N–H and O–H groups in total. The lowest BCUT2D eigenvalue weighted by Crippen LogP contribution is -2.42. The maximum Gasteiger partial charge on any atom is 0.224 e. The van der Waals surface area contributed by atoms with Crippen molar-refractivity contribution in [3.8, 4) is 11.1 Å². The molecule has 4 nitrogen and oxygen atoms in total. The van der Waals surface area contributed by atoms with Gasteiger partial charge >= 0.3 is 0 Å². The van der Waals surface area contributed by atoms with Crippen LogP contribution in [0.1, 0.15) is 17.5 Å². The number of fused-ring (bicyclic) bond motifs is 1. The van der Waals surface area contributed by atoms with Crippen molar-refractivity contribution in [1.29, 1.82) is 0 Å². The minimum atomic E-state index is -0.296. The average molecular weight is 339 g/mol. The highest BCUT2D eigenvalue weighted by molar-refractivity contribution is 5.94. The number of halogens is 1. The summed E-state index contributed by atoms with van der Waals surface area (Å²) >= 11 is 0. The molecule has 0 spiro atoms. The quantitative estimate of drug-likeness (QED) is 0.904. The van der Waals surface area contributed by atoms with Crippen LogP contribution in [0.5, 0.6) is 0 Å². The second-order valence-electron chi connectivity index (χ2n) is 6.76. The number of anilines is 1. The lowest BCUT2D eigenvalue weighted by atomic mass is 9.96. The van der Waals surface area contributed by atoms with Crippen molar-refractivity contribution in [2.24, 2.45) is 0 Å². The van der Waals surface area contributed by atoms with E-state index < -0.39 is 0 Å². The average Bonchev–Trinajstić information content (AvgIpc) is 2.63. The van der Waals surface area contributed by atoms with Crippen LogP contribution in [0.3, 0.4) is 0 Å². The lowest BCUT2D eigenvalue weighted by molar-refractivity contribution is -0.116. The summed E-state index contributed by atoms with van der Waals surface area (Å²) in [7, 11) is 0. The van der Waals surface area contributed by atoms with Crippen LogP contribution in [-0.4, -0.2) is 37.0 Å². The van der Waals surface area contributed by atoms with Crippen LogP contribution < -0.4 is 10.6 Å². The van der Waals surface area contributed by atoms with E-state index in [-0.39, 0.29) is 11.7 Å². The first-order valence-electron chi connectivity index (χ1n) is 8.84. The van der Waals surface area contributed by atoms with Gasteiger partial charge in [0.1, 0.15) is 5.82 Å². The first-order valence-corrected chi connectivity index (χ1v) is 8.84. The van der Waals surface area contributed by atoms with E-state index in [9.17, 15) is 9.18 Å². The van der Waals surface area contributed by atoms with E-state index >= 15 is 0 Å². The number of carbonyl (C=O) groups excluding carboxylic acids is 1. The number of nitrogens with one attached hydrogen (secondary N) is 2. The van der Waals surface area contributed by atoms with Crippen molar-refractivity contribution in [3.63, 3.8) is 0 Å². The van der Waals surface area contributed by atoms with E-state index in [1.807, 2.05) is 18.2 Å². The van der Waals surface area contributed by atoms with Gasteiger partial charge in [-0.2, -0.15) is 0 Å². The van der Waals surface area contributed by atoms with Crippen LogP contribution >= 0.6 is 0 Å². The molecule has 0 unspecified atom stereocenters. The fourth-order valence-corrected chi connectivity index (χ4v) is 3.54. The van der Waals surface area contributed by atoms with Crippen LogP contribution in [0, 0.1) is 5.82 Å². The lowest BCUT2D eigenvalue weighted by Gasteiger charge is -2.27. The van der Waals surface area contributed by atoms with Gasteiger partial charge in [-0.05, 0) is 35.2 Å². The number of hydrogen-bond donors (Lipinski definition) is 2. The van der Waals surface area contributed by atoms with Crippen LogP contribution in [-0.2, 0) is 17.8 Å². The fourth-order valence-electron chi connectivity index (χ4n) is 3.54. The minimum Gasteiger partial charge on any atom is -0.326 e. The number of benzene rings is 2. The van der Waals surface area contributed by atoms with Crippen LogP contribution in [0.4, 0.5) is 10.1 Å². The van der Waals surface area contributed by atoms with Crippen molar-refractivity contribution < 1.29 is 9.18 Å². The Hall–Kier alpha value is -2.24. The smallest absolute Gasteiger partial charge is 0.224 e. The van der Waals surface area contributed by atoms with Crippen molar-refractivity contribution in [3.05, 3.63) is 53.3 Å². The van der Waals surface area contributed by atoms with Crippen LogP contribution in [0.25, 0.3) is 11.1 Å². The minimum absolute atomic E-state index is 0.0445. The number of carbonyl (C=O) groups is 1. The molecule has 1 amide bonds. The van der Waals surface area contributed by atoms with Crippen molar-refractivity contribution in [2.45, 2.75) is 19.4 Å². The van der Waals surface area contributed by atoms with Gasteiger partial charge in [0, 0.05) is 50.4 Å². The van der Waals surface area contributed by atoms with E-state index in [0.29, 0.717) is 24.1 Å². The zero-order valence-electron chi connectivity index (χ0n) is 14.1. The zero-order chi connectivity index (χ0) is 17.2. The normalized spacial score (nSPS) is 17.9. The van der Waals surface area contributed by atoms with Gasteiger partial charge in [-0.15, -0.1) is 0 Å². The Labute approximate surface area is 147 Å². The third kappa shape index (κ3) is 3.57. The Morgan fingerprint density at radius 3 is 2.56 bits per heavy atom. The van der Waals surface area contributed by atoms with Gasteiger partial charge in [0.2, 0.25) is 5.91 Å². The van der Waals surface area contributed by atoms with E-state index in [2.05, 4.69) is 27.7 Å². The molecule has 0 bridgehead atoms. The van der Waals surface area contributed by atoms with Gasteiger partial charge in [0.15, 0.2) is 0 Å². The van der Waals surface area contributed by atoms with Crippen LogP contribution in [0.15, 0.2) is 36.4 Å². The highest BCUT2D eigenvalue weighted by atomic mass is 19.1. The predicted molar refractivity (Wildman–Crippen MR) is 96.9 cm³/mol. The molecular weight excluding hydrogens is 317 g/mol. The van der Waals surface area contributed by atoms with Crippen molar-refractivity contribution in [2.75, 3.05) is 31.5 Å². The monoisotopic (exact) mass is 339 g/mol. The standard InChI is InChI=1S/C20H22FN3O/c21-18-12-19-16(5-6-20(25)23-19)11-17(18)15-3-1-14(2-4-15)13-24-9-7-22-8-10-24/h1-4,11-12,22H,5-10,13H2,(H,23,25). The number of hydrogen-bond acceptors (Lipinski definition) is 3. The summed E-state index contributed by atoms with van der Waals surface area (Å²) in [6.45, 7) is 5.13. The summed E-state index contributed by atoms with van der Waals surface area (Å²) in [6, 6.07) is 11.5. The van der Waals surface area contributed by atoms with Crippen LogP contribution in [0.2, 0.25) is 0 Å². The second kappa shape index (κ2) is 6.94. The molecular formula is C20H22FN3O. The number of aryl methyl sites for hydroxylation is 1. The molecule has 5 heteroatoms. The Balaban J connectivity index is 1.54. The second-order valence-corrected chi connectivity index (χ2v) is 6.76. The first-order chi connectivity index (χ1) is 12.2. The molecule has 2 heterocycles. The Bertz CT molecular complexity index is 782. The summed E-state index contributed by atoms with van der Waals surface area (Å²) in [4.78, 5) is 13.9. The first kappa shape index (κ1) is 16.2. The predicted octanol–water partition coefficient (Wildman–Crippen LogP) is 2.78. The summed E-state index contributed by atoms with van der Waals surface area (Å²) in [5.41, 5.74) is 4.33. The molecule has 2 aliphatic heterocycles. The molecule has 1 saturated heterocycles. The number of rotatable bonds is 3. The SMILES string of the molecule is O=C1CCc2cc(-c3ccc(CN4CCNCC4)cc3)c(F)cc2N1. The van der Waals surface area contributed by atoms with Gasteiger partial charge in [0.05, 0.1) is 0 Å².